The van der Waals surface area contributed by atoms with Crippen molar-refractivity contribution in [3.63, 3.8) is 0 Å². The molecule has 1 saturated heterocycles. The topological polar surface area (TPSA) is 75.7 Å². The standard InChI is InChI=1S/C25H18Cl2N2O4/c1-15-2-4-16(5-3-15)12-21-23(30)28-25(32)29(24(21)31)19-8-10-20(11-9-19)33-14-17-6-7-18(26)13-22(17)27/h2-13H,14H2,1H3,(H,28,30,32)/b21-12+. The van der Waals surface area contributed by atoms with E-state index in [4.69, 9.17) is 27.9 Å². The number of rotatable bonds is 5. The minimum Gasteiger partial charge on any atom is -0.489 e. The number of barbiturate groups is 1. The summed E-state index contributed by atoms with van der Waals surface area (Å²) < 4.78 is 5.74. The van der Waals surface area contributed by atoms with Crippen LogP contribution in [0.3, 0.4) is 0 Å². The van der Waals surface area contributed by atoms with Gasteiger partial charge in [-0.25, -0.2) is 9.69 Å². The lowest BCUT2D eigenvalue weighted by molar-refractivity contribution is -0.122. The summed E-state index contributed by atoms with van der Waals surface area (Å²) in [5.74, 6) is -0.923. The van der Waals surface area contributed by atoms with E-state index in [1.165, 1.54) is 6.08 Å². The SMILES string of the molecule is Cc1ccc(/C=C2\C(=O)NC(=O)N(c3ccc(OCc4ccc(Cl)cc4Cl)cc3)C2=O)cc1. The first-order valence-electron chi connectivity index (χ1n) is 9.97. The van der Waals surface area contributed by atoms with Crippen LogP contribution < -0.4 is 15.0 Å². The predicted molar refractivity (Wildman–Crippen MR) is 127 cm³/mol. The molecule has 3 aromatic rings. The third-order valence-electron chi connectivity index (χ3n) is 4.99. The van der Waals surface area contributed by atoms with E-state index >= 15 is 0 Å². The minimum absolute atomic E-state index is 0.129. The first kappa shape index (κ1) is 22.6. The van der Waals surface area contributed by atoms with Crippen LogP contribution in [0, 0.1) is 6.92 Å². The summed E-state index contributed by atoms with van der Waals surface area (Å²) in [6, 6.07) is 18.0. The van der Waals surface area contributed by atoms with Crippen molar-refractivity contribution >= 4 is 52.8 Å². The van der Waals surface area contributed by atoms with Crippen LogP contribution in [0.2, 0.25) is 10.0 Å². The summed E-state index contributed by atoms with van der Waals surface area (Å²) in [4.78, 5) is 38.6. The summed E-state index contributed by atoms with van der Waals surface area (Å²) in [5.41, 5.74) is 2.67. The molecule has 0 atom stereocenters. The van der Waals surface area contributed by atoms with E-state index in [1.54, 1.807) is 54.6 Å². The van der Waals surface area contributed by atoms with Gasteiger partial charge < -0.3 is 4.74 Å². The van der Waals surface area contributed by atoms with Gasteiger partial charge in [-0.15, -0.1) is 0 Å². The molecule has 8 heteroatoms. The van der Waals surface area contributed by atoms with Crippen LogP contribution in [0.5, 0.6) is 5.75 Å². The summed E-state index contributed by atoms with van der Waals surface area (Å²) in [6.45, 7) is 2.16. The van der Waals surface area contributed by atoms with Crippen LogP contribution in [0.4, 0.5) is 10.5 Å². The highest BCUT2D eigenvalue weighted by Crippen LogP contribution is 2.26. The van der Waals surface area contributed by atoms with Crippen molar-refractivity contribution in [2.24, 2.45) is 0 Å². The van der Waals surface area contributed by atoms with Gasteiger partial charge in [0.25, 0.3) is 11.8 Å². The number of urea groups is 1. The van der Waals surface area contributed by atoms with E-state index in [2.05, 4.69) is 5.32 Å². The lowest BCUT2D eigenvalue weighted by Gasteiger charge is -2.26. The van der Waals surface area contributed by atoms with Crippen molar-refractivity contribution in [2.75, 3.05) is 4.90 Å². The quantitative estimate of drug-likeness (QED) is 0.383. The maximum absolute atomic E-state index is 13.0. The fourth-order valence-corrected chi connectivity index (χ4v) is 3.68. The van der Waals surface area contributed by atoms with E-state index in [0.717, 1.165) is 16.0 Å². The maximum atomic E-state index is 13.0. The fourth-order valence-electron chi connectivity index (χ4n) is 3.21. The number of benzene rings is 3. The maximum Gasteiger partial charge on any atom is 0.335 e. The molecule has 1 N–H and O–H groups in total. The second kappa shape index (κ2) is 9.48. The first-order chi connectivity index (χ1) is 15.8. The van der Waals surface area contributed by atoms with E-state index in [1.807, 2.05) is 19.1 Å². The monoisotopic (exact) mass is 480 g/mol. The van der Waals surface area contributed by atoms with Crippen molar-refractivity contribution < 1.29 is 19.1 Å². The lowest BCUT2D eigenvalue weighted by atomic mass is 10.1. The van der Waals surface area contributed by atoms with Crippen LogP contribution >= 0.6 is 23.2 Å². The molecule has 3 aromatic carbocycles. The Kier molecular flexibility index (Phi) is 6.49. The number of carbonyl (C=O) groups is 3. The summed E-state index contributed by atoms with van der Waals surface area (Å²) >= 11 is 12.1. The Balaban J connectivity index is 1.52. The second-order valence-electron chi connectivity index (χ2n) is 7.39. The second-order valence-corrected chi connectivity index (χ2v) is 8.23. The van der Waals surface area contributed by atoms with Crippen molar-refractivity contribution in [3.05, 3.63) is 99.0 Å². The molecule has 4 rings (SSSR count). The number of halogens is 2. The lowest BCUT2D eigenvalue weighted by Crippen LogP contribution is -2.54. The average molecular weight is 481 g/mol. The number of ether oxygens (including phenoxy) is 1. The highest BCUT2D eigenvalue weighted by atomic mass is 35.5. The molecule has 1 fully saturated rings. The van der Waals surface area contributed by atoms with Gasteiger partial charge in [0.15, 0.2) is 0 Å². The van der Waals surface area contributed by atoms with Gasteiger partial charge >= 0.3 is 6.03 Å². The number of aryl methyl sites for hydroxylation is 1. The van der Waals surface area contributed by atoms with Gasteiger partial charge in [0.05, 0.1) is 5.69 Å². The number of imide groups is 2. The van der Waals surface area contributed by atoms with E-state index < -0.39 is 17.8 Å². The number of nitrogens with one attached hydrogen (secondary N) is 1. The number of anilines is 1. The van der Waals surface area contributed by atoms with E-state index in [0.29, 0.717) is 27.0 Å². The van der Waals surface area contributed by atoms with Gasteiger partial charge in [-0.1, -0.05) is 59.1 Å². The number of nitrogens with zero attached hydrogens (tertiary/aromatic N) is 1. The number of carbonyl (C=O) groups excluding carboxylic acids is 3. The zero-order valence-electron chi connectivity index (χ0n) is 17.5. The number of amides is 4. The minimum atomic E-state index is -0.812. The van der Waals surface area contributed by atoms with Crippen molar-refractivity contribution in [1.29, 1.82) is 0 Å². The third kappa shape index (κ3) is 5.08. The molecule has 0 saturated carbocycles. The molecule has 0 spiro atoms. The first-order valence-corrected chi connectivity index (χ1v) is 10.7. The Morgan fingerprint density at radius 2 is 1.64 bits per heavy atom. The molecule has 1 aliphatic rings. The molecule has 0 aromatic heterocycles. The van der Waals surface area contributed by atoms with Crippen LogP contribution in [-0.2, 0) is 16.2 Å². The van der Waals surface area contributed by atoms with Gasteiger partial charge in [-0.05, 0) is 55.0 Å². The highest BCUT2D eigenvalue weighted by Gasteiger charge is 2.36. The molecular formula is C25H18Cl2N2O4. The predicted octanol–water partition coefficient (Wildman–Crippen LogP) is 5.55. The molecule has 4 amide bonds. The van der Waals surface area contributed by atoms with Crippen LogP contribution in [0.1, 0.15) is 16.7 Å². The van der Waals surface area contributed by atoms with Gasteiger partial charge in [-0.3, -0.25) is 14.9 Å². The molecule has 1 aliphatic heterocycles. The van der Waals surface area contributed by atoms with Crippen LogP contribution in [0.15, 0.2) is 72.3 Å². The van der Waals surface area contributed by atoms with Crippen molar-refractivity contribution in [2.45, 2.75) is 13.5 Å². The molecule has 33 heavy (non-hydrogen) atoms. The van der Waals surface area contributed by atoms with Gasteiger partial charge in [-0.2, -0.15) is 0 Å². The summed E-state index contributed by atoms with van der Waals surface area (Å²) in [7, 11) is 0. The Morgan fingerprint density at radius 3 is 2.30 bits per heavy atom. The molecule has 0 unspecified atom stereocenters. The molecular weight excluding hydrogens is 463 g/mol. The van der Waals surface area contributed by atoms with Crippen molar-refractivity contribution in [3.8, 4) is 5.75 Å². The van der Waals surface area contributed by atoms with Crippen LogP contribution in [-0.4, -0.2) is 17.8 Å². The Labute approximate surface area is 200 Å². The molecule has 166 valence electrons. The molecule has 0 bridgehead atoms. The molecule has 1 heterocycles. The zero-order chi connectivity index (χ0) is 23.5. The van der Waals surface area contributed by atoms with E-state index in [9.17, 15) is 14.4 Å². The van der Waals surface area contributed by atoms with Gasteiger partial charge in [0.1, 0.15) is 17.9 Å². The molecule has 6 nitrogen and oxygen atoms in total. The third-order valence-corrected chi connectivity index (χ3v) is 5.58. The molecule has 0 aliphatic carbocycles. The largest absolute Gasteiger partial charge is 0.489 e. The summed E-state index contributed by atoms with van der Waals surface area (Å²) in [6.07, 6.45) is 1.46. The fraction of sp³-hybridized carbons (Fsp3) is 0.0800. The summed E-state index contributed by atoms with van der Waals surface area (Å²) in [5, 5.41) is 3.24. The smallest absolute Gasteiger partial charge is 0.335 e. The Hall–Kier alpha value is -3.61. The molecule has 0 radical (unpaired) electrons. The van der Waals surface area contributed by atoms with E-state index in [-0.39, 0.29) is 12.2 Å². The average Bonchev–Trinajstić information content (AvgIpc) is 2.78. The number of hydrogen-bond acceptors (Lipinski definition) is 4. The van der Waals surface area contributed by atoms with Crippen LogP contribution in [0.25, 0.3) is 6.08 Å². The zero-order valence-corrected chi connectivity index (χ0v) is 19.0. The van der Waals surface area contributed by atoms with Gasteiger partial charge in [0.2, 0.25) is 0 Å². The van der Waals surface area contributed by atoms with Crippen molar-refractivity contribution in [1.82, 2.24) is 5.32 Å². The van der Waals surface area contributed by atoms with Gasteiger partial charge in [0, 0.05) is 15.6 Å². The highest BCUT2D eigenvalue weighted by molar-refractivity contribution is 6.39. The Bertz CT molecular complexity index is 1270. The Morgan fingerprint density at radius 1 is 0.939 bits per heavy atom. The number of hydrogen-bond donors (Lipinski definition) is 1. The normalized spacial score (nSPS) is 15.1.